The summed E-state index contributed by atoms with van der Waals surface area (Å²) in [4.78, 5) is 8.59. The van der Waals surface area contributed by atoms with Gasteiger partial charge in [-0.1, -0.05) is 172 Å². The van der Waals surface area contributed by atoms with Crippen LogP contribution < -0.4 is 36.3 Å². The molecule has 69 heavy (non-hydrogen) atoms. The fourth-order valence-corrected chi connectivity index (χ4v) is 16.7. The van der Waals surface area contributed by atoms with E-state index in [0.29, 0.717) is 0 Å². The molecule has 5 heteroatoms. The van der Waals surface area contributed by atoms with Crippen LogP contribution in [0.1, 0.15) is 153 Å². The molecule has 4 heterocycles. The summed E-state index contributed by atoms with van der Waals surface area (Å²) in [7, 11) is -1.82. The molecule has 2 aliphatic carbocycles. The zero-order valence-corrected chi connectivity index (χ0v) is 45.5. The van der Waals surface area contributed by atoms with Crippen molar-refractivity contribution in [3.63, 3.8) is 0 Å². The molecule has 354 valence electrons. The highest BCUT2D eigenvalue weighted by molar-refractivity contribution is 7.01. The van der Waals surface area contributed by atoms with Crippen molar-refractivity contribution in [2.75, 3.05) is 14.7 Å². The predicted octanol–water partition coefficient (Wildman–Crippen LogP) is 14.6. The van der Waals surface area contributed by atoms with Crippen molar-refractivity contribution in [3.8, 4) is 0 Å². The first-order valence-corrected chi connectivity index (χ1v) is 30.2. The Balaban J connectivity index is 1.25. The molecular formula is C64H76BN3Si. The maximum absolute atomic E-state index is 3.00. The molecule has 2 fully saturated rings. The fraction of sp³-hybridized carbons (Fsp3) is 0.438. The Kier molecular flexibility index (Phi) is 9.53. The Morgan fingerprint density at radius 3 is 1.87 bits per heavy atom. The zero-order chi connectivity index (χ0) is 48.6. The van der Waals surface area contributed by atoms with Crippen LogP contribution in [0.3, 0.4) is 0 Å². The second kappa shape index (κ2) is 14.6. The normalized spacial score (nSPS) is 25.5. The average Bonchev–Trinajstić information content (AvgIpc) is 3.66. The lowest BCUT2D eigenvalue weighted by Crippen LogP contribution is -2.65. The lowest BCUT2D eigenvalue weighted by Gasteiger charge is -2.54. The number of rotatable bonds is 4. The molecule has 6 aliphatic rings. The molecule has 4 unspecified atom stereocenters. The van der Waals surface area contributed by atoms with E-state index in [2.05, 4.69) is 220 Å². The van der Waals surface area contributed by atoms with Gasteiger partial charge in [0.25, 0.3) is 6.71 Å². The van der Waals surface area contributed by atoms with E-state index in [0.717, 1.165) is 12.8 Å². The Labute approximate surface area is 416 Å². The number of benzene rings is 6. The molecule has 6 aromatic carbocycles. The van der Waals surface area contributed by atoms with Crippen molar-refractivity contribution >= 4 is 76.2 Å². The van der Waals surface area contributed by atoms with Gasteiger partial charge >= 0.3 is 0 Å². The van der Waals surface area contributed by atoms with Crippen LogP contribution in [0.2, 0.25) is 19.6 Å². The molecule has 0 radical (unpaired) electrons. The van der Waals surface area contributed by atoms with Crippen LogP contribution >= 0.6 is 0 Å². The summed E-state index contributed by atoms with van der Waals surface area (Å²) in [5, 5.41) is 1.58. The van der Waals surface area contributed by atoms with Crippen molar-refractivity contribution in [3.05, 3.63) is 148 Å². The van der Waals surface area contributed by atoms with Gasteiger partial charge in [0, 0.05) is 50.6 Å². The van der Waals surface area contributed by atoms with E-state index in [1.165, 1.54) is 123 Å². The van der Waals surface area contributed by atoms with Gasteiger partial charge in [0.1, 0.15) is 0 Å². The lowest BCUT2D eigenvalue weighted by molar-refractivity contribution is 0.194. The third-order valence-electron chi connectivity index (χ3n) is 19.3. The average molecular weight is 926 g/mol. The molecule has 0 amide bonds. The summed E-state index contributed by atoms with van der Waals surface area (Å²) in [5.41, 5.74) is 23.9. The van der Waals surface area contributed by atoms with E-state index >= 15 is 0 Å². The minimum Gasteiger partial charge on any atom is -0.335 e. The number of anilines is 7. The van der Waals surface area contributed by atoms with Crippen LogP contribution in [-0.4, -0.2) is 25.9 Å². The SMILES string of the molecule is Cc1cc(C)c2c(c1)N(c1cc3c4c(c1)N1c5c(cc([Si](C)(C)C)cc5C5(c6ccccc6)CCCCC15C)B4c1cc(C(C)(C)C)ccc1N3c1ccc(C(C)(C)C)cc1)C1(C)CCCCC21C. The number of aryl methyl sites for hydroxylation is 2. The summed E-state index contributed by atoms with van der Waals surface area (Å²) in [6.45, 7) is 34.6. The summed E-state index contributed by atoms with van der Waals surface area (Å²) in [6.07, 6.45) is 9.69. The third-order valence-corrected chi connectivity index (χ3v) is 21.3. The van der Waals surface area contributed by atoms with Gasteiger partial charge in [0.05, 0.1) is 19.2 Å². The van der Waals surface area contributed by atoms with E-state index in [-0.39, 0.29) is 39.5 Å². The predicted molar refractivity (Wildman–Crippen MR) is 301 cm³/mol. The highest BCUT2D eigenvalue weighted by Gasteiger charge is 2.65. The number of hydrogen-bond acceptors (Lipinski definition) is 3. The van der Waals surface area contributed by atoms with E-state index in [9.17, 15) is 0 Å². The lowest BCUT2D eigenvalue weighted by atomic mass is 9.33. The van der Waals surface area contributed by atoms with Crippen molar-refractivity contribution < 1.29 is 0 Å². The summed E-state index contributed by atoms with van der Waals surface area (Å²) < 4.78 is 0. The van der Waals surface area contributed by atoms with Gasteiger partial charge in [-0.05, 0) is 156 Å². The molecule has 0 spiro atoms. The molecule has 12 rings (SSSR count). The van der Waals surface area contributed by atoms with Gasteiger partial charge in [-0.3, -0.25) is 0 Å². The molecule has 4 aliphatic heterocycles. The van der Waals surface area contributed by atoms with Gasteiger partial charge in [0.2, 0.25) is 0 Å². The molecule has 0 bridgehead atoms. The quantitative estimate of drug-likeness (QED) is 0.163. The topological polar surface area (TPSA) is 9.72 Å². The van der Waals surface area contributed by atoms with Crippen LogP contribution in [-0.2, 0) is 21.7 Å². The van der Waals surface area contributed by atoms with Crippen molar-refractivity contribution in [2.24, 2.45) is 0 Å². The molecule has 0 aromatic heterocycles. The second-order valence-electron chi connectivity index (χ2n) is 26.4. The Morgan fingerprint density at radius 2 is 1.19 bits per heavy atom. The van der Waals surface area contributed by atoms with Gasteiger partial charge in [-0.25, -0.2) is 0 Å². The second-order valence-corrected chi connectivity index (χ2v) is 31.5. The van der Waals surface area contributed by atoms with E-state index in [1.54, 1.807) is 16.3 Å². The van der Waals surface area contributed by atoms with E-state index in [4.69, 9.17) is 0 Å². The maximum Gasteiger partial charge on any atom is 0.252 e. The van der Waals surface area contributed by atoms with Crippen LogP contribution in [0.15, 0.2) is 109 Å². The number of nitrogens with zero attached hydrogens (tertiary/aromatic N) is 3. The summed E-state index contributed by atoms with van der Waals surface area (Å²) in [5.74, 6) is 0. The van der Waals surface area contributed by atoms with Gasteiger partial charge in [0.15, 0.2) is 0 Å². The van der Waals surface area contributed by atoms with E-state index < -0.39 is 8.07 Å². The third kappa shape index (κ3) is 5.98. The van der Waals surface area contributed by atoms with E-state index in [1.807, 2.05) is 0 Å². The number of fused-ring (bicyclic) bond motifs is 10. The Hall–Kier alpha value is -5.00. The maximum atomic E-state index is 3.00. The monoisotopic (exact) mass is 926 g/mol. The summed E-state index contributed by atoms with van der Waals surface area (Å²) in [6, 6.07) is 45.0. The number of hydrogen-bond donors (Lipinski definition) is 0. The molecule has 2 saturated carbocycles. The smallest absolute Gasteiger partial charge is 0.252 e. The standard InChI is InChI=1S/C64H76BN3Si/c1-41-34-42(2)56-53(35-41)67(62(10)31-19-18-30-61(56,62)9)47-37-54-57-55(38-47)68-58-49(64(44-22-16-15-17-23-44)33-21-20-32-63(64,68)11)39-48(69(12,13)14)40-51(58)65(57)50-36-45(60(6,7)8)26-29-52(50)66(54)46-27-24-43(25-28-46)59(3,4)5/h15-17,22-29,34-40H,18-21,30-33H2,1-14H3. The van der Waals surface area contributed by atoms with Gasteiger partial charge in [-0.15, -0.1) is 0 Å². The largest absolute Gasteiger partial charge is 0.335 e. The molecule has 0 saturated heterocycles. The molecule has 0 N–H and O–H groups in total. The van der Waals surface area contributed by atoms with Crippen LogP contribution in [0.25, 0.3) is 0 Å². The Morgan fingerprint density at radius 1 is 0.551 bits per heavy atom. The van der Waals surface area contributed by atoms with Crippen molar-refractivity contribution in [1.29, 1.82) is 0 Å². The first-order chi connectivity index (χ1) is 32.5. The van der Waals surface area contributed by atoms with Gasteiger partial charge in [-0.2, -0.15) is 0 Å². The fourth-order valence-electron chi connectivity index (χ4n) is 15.6. The minimum atomic E-state index is -1.82. The van der Waals surface area contributed by atoms with Crippen molar-refractivity contribution in [1.82, 2.24) is 0 Å². The first kappa shape index (κ1) is 45.2. The Bertz CT molecular complexity index is 3110. The van der Waals surface area contributed by atoms with Crippen molar-refractivity contribution in [2.45, 2.75) is 180 Å². The minimum absolute atomic E-state index is 0.00864. The first-order valence-electron chi connectivity index (χ1n) is 26.7. The molecule has 4 atom stereocenters. The van der Waals surface area contributed by atoms with Crippen LogP contribution in [0.5, 0.6) is 0 Å². The zero-order valence-electron chi connectivity index (χ0n) is 44.5. The molecular weight excluding hydrogens is 850 g/mol. The molecule has 3 nitrogen and oxygen atoms in total. The summed E-state index contributed by atoms with van der Waals surface area (Å²) >= 11 is 0. The van der Waals surface area contributed by atoms with Gasteiger partial charge < -0.3 is 14.7 Å². The van der Waals surface area contributed by atoms with Crippen LogP contribution in [0.4, 0.5) is 39.8 Å². The highest BCUT2D eigenvalue weighted by atomic mass is 28.3. The van der Waals surface area contributed by atoms with Crippen LogP contribution in [0, 0.1) is 13.8 Å². The highest BCUT2D eigenvalue weighted by Crippen LogP contribution is 2.66. The molecule has 6 aromatic rings.